The second-order valence-electron chi connectivity index (χ2n) is 3.86. The summed E-state index contributed by atoms with van der Waals surface area (Å²) in [5, 5.41) is 1.57. The van der Waals surface area contributed by atoms with E-state index < -0.39 is 0 Å². The maximum Gasteiger partial charge on any atom is 0.129 e. The molecule has 0 atom stereocenters. The van der Waals surface area contributed by atoms with E-state index in [1.54, 1.807) is 17.8 Å². The highest BCUT2D eigenvalue weighted by atomic mass is 35.5. The molecule has 2 heterocycles. The van der Waals surface area contributed by atoms with Gasteiger partial charge in [-0.15, -0.1) is 11.8 Å². The van der Waals surface area contributed by atoms with Gasteiger partial charge in [0.25, 0.3) is 0 Å². The first kappa shape index (κ1) is 12.4. The number of thioether (sulfide) groups is 1. The van der Waals surface area contributed by atoms with Crippen LogP contribution in [0.2, 0.25) is 5.15 Å². The van der Waals surface area contributed by atoms with Crippen molar-refractivity contribution in [3.8, 4) is 0 Å². The molecule has 0 N–H and O–H groups in total. The molecule has 2 aromatic heterocycles. The minimum Gasteiger partial charge on any atom is -0.247 e. The molecule has 17 heavy (non-hydrogen) atoms. The summed E-state index contributed by atoms with van der Waals surface area (Å²) in [5.74, 6) is 0.788. The van der Waals surface area contributed by atoms with Gasteiger partial charge in [-0.25, -0.2) is 9.97 Å². The Morgan fingerprint density at radius 1 is 1.18 bits per heavy atom. The third-order valence-corrected chi connectivity index (χ3v) is 3.37. The SMILES string of the molecule is Cc1cc(C)nc(SCc2cccc(Cl)n2)c1. The van der Waals surface area contributed by atoms with E-state index in [-0.39, 0.29) is 0 Å². The molecule has 0 bridgehead atoms. The van der Waals surface area contributed by atoms with Gasteiger partial charge < -0.3 is 0 Å². The van der Waals surface area contributed by atoms with Crippen LogP contribution in [-0.2, 0) is 5.75 Å². The van der Waals surface area contributed by atoms with Crippen LogP contribution in [0.25, 0.3) is 0 Å². The van der Waals surface area contributed by atoms with Crippen molar-refractivity contribution >= 4 is 23.4 Å². The predicted octanol–water partition coefficient (Wildman–Crippen LogP) is 4.04. The van der Waals surface area contributed by atoms with Gasteiger partial charge in [0.1, 0.15) is 5.15 Å². The summed E-state index contributed by atoms with van der Waals surface area (Å²) in [6.45, 7) is 4.09. The Balaban J connectivity index is 2.07. The molecule has 0 aliphatic rings. The zero-order valence-corrected chi connectivity index (χ0v) is 11.3. The summed E-state index contributed by atoms with van der Waals surface area (Å²) in [6, 6.07) is 9.83. The third kappa shape index (κ3) is 3.72. The molecular formula is C13H13ClN2S. The summed E-state index contributed by atoms with van der Waals surface area (Å²) < 4.78 is 0. The van der Waals surface area contributed by atoms with Gasteiger partial charge in [-0.2, -0.15) is 0 Å². The van der Waals surface area contributed by atoms with Crippen LogP contribution in [0, 0.1) is 13.8 Å². The molecular weight excluding hydrogens is 252 g/mol. The lowest BCUT2D eigenvalue weighted by molar-refractivity contribution is 1.04. The van der Waals surface area contributed by atoms with Gasteiger partial charge in [0.15, 0.2) is 0 Å². The van der Waals surface area contributed by atoms with Crippen LogP contribution in [0.4, 0.5) is 0 Å². The average Bonchev–Trinajstić information content (AvgIpc) is 2.25. The first-order chi connectivity index (χ1) is 8.13. The van der Waals surface area contributed by atoms with E-state index in [9.17, 15) is 0 Å². The Kier molecular flexibility index (Phi) is 4.02. The first-order valence-corrected chi connectivity index (χ1v) is 6.69. The van der Waals surface area contributed by atoms with Crippen molar-refractivity contribution in [3.05, 3.63) is 52.4 Å². The van der Waals surface area contributed by atoms with Crippen LogP contribution in [-0.4, -0.2) is 9.97 Å². The van der Waals surface area contributed by atoms with Crippen molar-refractivity contribution < 1.29 is 0 Å². The highest BCUT2D eigenvalue weighted by Gasteiger charge is 2.01. The minimum absolute atomic E-state index is 0.538. The number of pyridine rings is 2. The highest BCUT2D eigenvalue weighted by Crippen LogP contribution is 2.22. The quantitative estimate of drug-likeness (QED) is 0.618. The maximum atomic E-state index is 5.84. The fourth-order valence-electron chi connectivity index (χ4n) is 1.56. The van der Waals surface area contributed by atoms with E-state index in [1.807, 2.05) is 19.1 Å². The molecule has 2 rings (SSSR count). The van der Waals surface area contributed by atoms with Crippen molar-refractivity contribution in [2.75, 3.05) is 0 Å². The van der Waals surface area contributed by atoms with E-state index >= 15 is 0 Å². The molecule has 0 radical (unpaired) electrons. The zero-order valence-electron chi connectivity index (χ0n) is 9.77. The fourth-order valence-corrected chi connectivity index (χ4v) is 2.67. The second kappa shape index (κ2) is 5.52. The Labute approximate surface area is 110 Å². The van der Waals surface area contributed by atoms with Crippen LogP contribution in [0.3, 0.4) is 0 Å². The van der Waals surface area contributed by atoms with Gasteiger partial charge in [0.05, 0.1) is 10.7 Å². The van der Waals surface area contributed by atoms with E-state index in [0.29, 0.717) is 5.15 Å². The van der Waals surface area contributed by atoms with Gasteiger partial charge in [-0.3, -0.25) is 0 Å². The Bertz CT molecular complexity index is 508. The zero-order chi connectivity index (χ0) is 12.3. The molecule has 4 heteroatoms. The molecule has 0 saturated heterocycles. The van der Waals surface area contributed by atoms with Crippen molar-refractivity contribution in [3.63, 3.8) is 0 Å². The van der Waals surface area contributed by atoms with Gasteiger partial charge in [0, 0.05) is 11.4 Å². The van der Waals surface area contributed by atoms with Crippen molar-refractivity contribution in [1.82, 2.24) is 9.97 Å². The third-order valence-electron chi connectivity index (χ3n) is 2.21. The van der Waals surface area contributed by atoms with E-state index in [4.69, 9.17) is 11.6 Å². The number of aryl methyl sites for hydroxylation is 2. The van der Waals surface area contributed by atoms with Crippen LogP contribution in [0.15, 0.2) is 35.4 Å². The molecule has 0 aliphatic heterocycles. The number of halogens is 1. The van der Waals surface area contributed by atoms with Crippen LogP contribution in [0.5, 0.6) is 0 Å². The number of nitrogens with zero attached hydrogens (tertiary/aromatic N) is 2. The van der Waals surface area contributed by atoms with E-state index in [1.165, 1.54) is 5.56 Å². The first-order valence-electron chi connectivity index (χ1n) is 5.33. The van der Waals surface area contributed by atoms with Crippen molar-refractivity contribution in [2.24, 2.45) is 0 Å². The number of hydrogen-bond acceptors (Lipinski definition) is 3. The summed E-state index contributed by atoms with van der Waals surface area (Å²) in [6.07, 6.45) is 0. The summed E-state index contributed by atoms with van der Waals surface area (Å²) >= 11 is 7.52. The highest BCUT2D eigenvalue weighted by molar-refractivity contribution is 7.98. The number of hydrogen-bond donors (Lipinski definition) is 0. The lowest BCUT2D eigenvalue weighted by Gasteiger charge is -2.04. The van der Waals surface area contributed by atoms with Crippen LogP contribution in [0.1, 0.15) is 17.0 Å². The summed E-state index contributed by atoms with van der Waals surface area (Å²) in [5.41, 5.74) is 3.26. The van der Waals surface area contributed by atoms with Gasteiger partial charge >= 0.3 is 0 Å². The van der Waals surface area contributed by atoms with Gasteiger partial charge in [-0.1, -0.05) is 17.7 Å². The van der Waals surface area contributed by atoms with Gasteiger partial charge in [0.2, 0.25) is 0 Å². The molecule has 88 valence electrons. The van der Waals surface area contributed by atoms with E-state index in [2.05, 4.69) is 29.0 Å². The molecule has 0 aliphatic carbocycles. The average molecular weight is 265 g/mol. The van der Waals surface area contributed by atoms with Crippen LogP contribution < -0.4 is 0 Å². The fraction of sp³-hybridized carbons (Fsp3) is 0.231. The molecule has 0 aromatic carbocycles. The molecule has 0 spiro atoms. The van der Waals surface area contributed by atoms with Crippen LogP contribution >= 0.6 is 23.4 Å². The molecule has 2 nitrogen and oxygen atoms in total. The molecule has 0 fully saturated rings. The topological polar surface area (TPSA) is 25.8 Å². The van der Waals surface area contributed by atoms with Gasteiger partial charge in [-0.05, 0) is 43.7 Å². The number of aromatic nitrogens is 2. The maximum absolute atomic E-state index is 5.84. The standard InChI is InChI=1S/C13H13ClN2S/c1-9-6-10(2)15-13(7-9)17-8-11-4-3-5-12(14)16-11/h3-7H,8H2,1-2H3. The largest absolute Gasteiger partial charge is 0.247 e. The molecule has 0 unspecified atom stereocenters. The molecule has 2 aromatic rings. The smallest absolute Gasteiger partial charge is 0.129 e. The Morgan fingerprint density at radius 2 is 2.00 bits per heavy atom. The Hall–Kier alpha value is -1.06. The molecule has 0 saturated carbocycles. The Morgan fingerprint density at radius 3 is 2.71 bits per heavy atom. The second-order valence-corrected chi connectivity index (χ2v) is 5.25. The minimum atomic E-state index is 0.538. The lowest BCUT2D eigenvalue weighted by Crippen LogP contribution is -1.90. The van der Waals surface area contributed by atoms with Crippen molar-refractivity contribution in [1.29, 1.82) is 0 Å². The summed E-state index contributed by atoms with van der Waals surface area (Å²) in [7, 11) is 0. The predicted molar refractivity (Wildman–Crippen MR) is 72.5 cm³/mol. The van der Waals surface area contributed by atoms with E-state index in [0.717, 1.165) is 22.2 Å². The lowest BCUT2D eigenvalue weighted by atomic mass is 10.3. The number of rotatable bonds is 3. The molecule has 0 amide bonds. The summed E-state index contributed by atoms with van der Waals surface area (Å²) in [4.78, 5) is 8.72. The van der Waals surface area contributed by atoms with Crippen molar-refractivity contribution in [2.45, 2.75) is 24.6 Å². The monoisotopic (exact) mass is 264 g/mol. The normalized spacial score (nSPS) is 10.5.